The predicted molar refractivity (Wildman–Crippen MR) is 68.1 cm³/mol. The summed E-state index contributed by atoms with van der Waals surface area (Å²) >= 11 is 5.74. The Bertz CT molecular complexity index is 447. The van der Waals surface area contributed by atoms with Crippen molar-refractivity contribution >= 4 is 23.1 Å². The summed E-state index contributed by atoms with van der Waals surface area (Å²) in [6.45, 7) is 1.40. The number of hydrogen-bond acceptors (Lipinski definition) is 5. The van der Waals surface area contributed by atoms with Gasteiger partial charge in [-0.05, 0) is 12.8 Å². The number of halogens is 1. The first-order valence-electron chi connectivity index (χ1n) is 5.69. The number of methoxy groups -OCH3 is 1. The highest BCUT2D eigenvalue weighted by atomic mass is 35.5. The van der Waals surface area contributed by atoms with Gasteiger partial charge in [-0.15, -0.1) is 0 Å². The van der Waals surface area contributed by atoms with Crippen molar-refractivity contribution in [2.75, 3.05) is 25.1 Å². The van der Waals surface area contributed by atoms with Gasteiger partial charge in [0.05, 0.1) is 16.0 Å². The highest BCUT2D eigenvalue weighted by Crippen LogP contribution is 2.30. The third kappa shape index (κ3) is 2.70. The summed E-state index contributed by atoms with van der Waals surface area (Å²) in [6.07, 6.45) is 3.36. The van der Waals surface area contributed by atoms with Crippen molar-refractivity contribution in [3.63, 3.8) is 0 Å². The van der Waals surface area contributed by atoms with Gasteiger partial charge >= 0.3 is 5.69 Å². The van der Waals surface area contributed by atoms with Gasteiger partial charge in [-0.1, -0.05) is 11.6 Å². The lowest BCUT2D eigenvalue weighted by Gasteiger charge is -2.31. The molecule has 0 N–H and O–H groups in total. The summed E-state index contributed by atoms with van der Waals surface area (Å²) in [4.78, 5) is 16.5. The number of rotatable bonds is 3. The smallest absolute Gasteiger partial charge is 0.313 e. The fourth-order valence-corrected chi connectivity index (χ4v) is 2.25. The summed E-state index contributed by atoms with van der Waals surface area (Å²) in [7, 11) is 1.68. The van der Waals surface area contributed by atoms with E-state index in [2.05, 4.69) is 4.98 Å². The molecule has 98 valence electrons. The molecule has 0 aliphatic carbocycles. The highest BCUT2D eigenvalue weighted by Gasteiger charge is 2.26. The molecule has 18 heavy (non-hydrogen) atoms. The van der Waals surface area contributed by atoms with E-state index in [-0.39, 0.29) is 16.8 Å². The molecule has 2 rings (SSSR count). The minimum atomic E-state index is -0.448. The normalized spacial score (nSPS) is 16.9. The molecule has 0 saturated carbocycles. The molecule has 0 radical (unpaired) electrons. The zero-order valence-corrected chi connectivity index (χ0v) is 10.8. The van der Waals surface area contributed by atoms with Crippen LogP contribution in [0.5, 0.6) is 0 Å². The molecule has 1 aromatic heterocycles. The highest BCUT2D eigenvalue weighted by molar-refractivity contribution is 6.30. The van der Waals surface area contributed by atoms with Gasteiger partial charge in [-0.2, -0.15) is 0 Å². The van der Waals surface area contributed by atoms with Crippen LogP contribution in [-0.2, 0) is 4.74 Å². The van der Waals surface area contributed by atoms with E-state index >= 15 is 0 Å². The minimum absolute atomic E-state index is 0.0432. The second kappa shape index (κ2) is 5.49. The van der Waals surface area contributed by atoms with Crippen LogP contribution in [0.1, 0.15) is 12.8 Å². The molecule has 0 atom stereocenters. The molecular formula is C11H14ClN3O3. The van der Waals surface area contributed by atoms with Gasteiger partial charge in [0.25, 0.3) is 0 Å². The molecule has 7 heteroatoms. The van der Waals surface area contributed by atoms with Crippen LogP contribution in [0.2, 0.25) is 5.02 Å². The summed E-state index contributed by atoms with van der Waals surface area (Å²) in [5, 5.41) is 11.3. The Labute approximate surface area is 110 Å². The molecule has 0 spiro atoms. The number of nitro groups is 1. The van der Waals surface area contributed by atoms with Crippen LogP contribution in [0.25, 0.3) is 0 Å². The summed E-state index contributed by atoms with van der Waals surface area (Å²) < 4.78 is 5.27. The Kier molecular flexibility index (Phi) is 3.98. The molecule has 6 nitrogen and oxygen atoms in total. The monoisotopic (exact) mass is 271 g/mol. The lowest BCUT2D eigenvalue weighted by molar-refractivity contribution is -0.384. The van der Waals surface area contributed by atoms with E-state index in [0.29, 0.717) is 18.9 Å². The summed E-state index contributed by atoms with van der Waals surface area (Å²) in [5.74, 6) is 0.388. The van der Waals surface area contributed by atoms with Crippen molar-refractivity contribution in [1.29, 1.82) is 0 Å². The molecule has 1 aliphatic rings. The van der Waals surface area contributed by atoms with Gasteiger partial charge in [-0.25, -0.2) is 4.98 Å². The number of nitrogens with zero attached hydrogens (tertiary/aromatic N) is 3. The van der Waals surface area contributed by atoms with E-state index in [1.54, 1.807) is 7.11 Å². The van der Waals surface area contributed by atoms with Crippen LogP contribution in [0.4, 0.5) is 11.5 Å². The van der Waals surface area contributed by atoms with Crippen LogP contribution in [0.15, 0.2) is 12.3 Å². The molecule has 0 bridgehead atoms. The second-order valence-corrected chi connectivity index (χ2v) is 4.61. The number of hydrogen-bond donors (Lipinski definition) is 0. The van der Waals surface area contributed by atoms with Gasteiger partial charge in [0.15, 0.2) is 0 Å². The first kappa shape index (κ1) is 13.0. The zero-order valence-electron chi connectivity index (χ0n) is 10.0. The Morgan fingerprint density at radius 2 is 2.22 bits per heavy atom. The topological polar surface area (TPSA) is 68.5 Å². The quantitative estimate of drug-likeness (QED) is 0.623. The maximum absolute atomic E-state index is 11.0. The van der Waals surface area contributed by atoms with Crippen LogP contribution >= 0.6 is 11.6 Å². The Morgan fingerprint density at radius 3 is 2.78 bits per heavy atom. The molecule has 0 unspecified atom stereocenters. The van der Waals surface area contributed by atoms with Gasteiger partial charge in [0.2, 0.25) is 5.82 Å². The lowest BCUT2D eigenvalue weighted by Crippen LogP contribution is -2.37. The van der Waals surface area contributed by atoms with Crippen LogP contribution in [0.3, 0.4) is 0 Å². The minimum Gasteiger partial charge on any atom is -0.381 e. The number of aromatic nitrogens is 1. The van der Waals surface area contributed by atoms with Gasteiger partial charge in [0.1, 0.15) is 0 Å². The van der Waals surface area contributed by atoms with E-state index < -0.39 is 4.92 Å². The maximum Gasteiger partial charge on any atom is 0.313 e. The molecule has 0 amide bonds. The molecule has 1 saturated heterocycles. The summed E-state index contributed by atoms with van der Waals surface area (Å²) in [5.41, 5.74) is -0.0432. The fourth-order valence-electron chi connectivity index (χ4n) is 2.10. The SMILES string of the molecule is COC1CCN(c2ncc(Cl)cc2[N+](=O)[O-])CC1. The summed E-state index contributed by atoms with van der Waals surface area (Å²) in [6, 6.07) is 1.34. The van der Waals surface area contributed by atoms with Crippen LogP contribution < -0.4 is 4.90 Å². The van der Waals surface area contributed by atoms with Crippen molar-refractivity contribution in [3.05, 3.63) is 27.4 Å². The Morgan fingerprint density at radius 1 is 1.56 bits per heavy atom. The van der Waals surface area contributed by atoms with Gasteiger partial charge < -0.3 is 9.64 Å². The van der Waals surface area contributed by atoms with E-state index in [0.717, 1.165) is 12.8 Å². The average Bonchev–Trinajstić information content (AvgIpc) is 2.39. The van der Waals surface area contributed by atoms with Gasteiger partial charge in [0, 0.05) is 32.5 Å². The van der Waals surface area contributed by atoms with Crippen LogP contribution in [-0.4, -0.2) is 36.2 Å². The molecule has 2 heterocycles. The zero-order chi connectivity index (χ0) is 13.1. The molecule has 1 fully saturated rings. The molecule has 1 aromatic rings. The third-order valence-corrected chi connectivity index (χ3v) is 3.29. The Hall–Kier alpha value is -1.40. The lowest BCUT2D eigenvalue weighted by atomic mass is 10.1. The number of anilines is 1. The van der Waals surface area contributed by atoms with E-state index in [4.69, 9.17) is 16.3 Å². The van der Waals surface area contributed by atoms with E-state index in [1.807, 2.05) is 4.90 Å². The number of ether oxygens (including phenoxy) is 1. The molecule has 1 aliphatic heterocycles. The van der Waals surface area contributed by atoms with Crippen LogP contribution in [0, 0.1) is 10.1 Å². The number of piperidine rings is 1. The first-order valence-corrected chi connectivity index (χ1v) is 6.07. The van der Waals surface area contributed by atoms with Crippen molar-refractivity contribution in [1.82, 2.24) is 4.98 Å². The first-order chi connectivity index (χ1) is 8.61. The standard InChI is InChI=1S/C11H14ClN3O3/c1-18-9-2-4-14(5-3-9)11-10(15(16)17)6-8(12)7-13-11/h6-7,9H,2-5H2,1H3. The third-order valence-electron chi connectivity index (χ3n) is 3.09. The second-order valence-electron chi connectivity index (χ2n) is 4.18. The molecule has 0 aromatic carbocycles. The van der Waals surface area contributed by atoms with E-state index in [9.17, 15) is 10.1 Å². The predicted octanol–water partition coefficient (Wildman–Crippen LogP) is 2.26. The van der Waals surface area contributed by atoms with E-state index in [1.165, 1.54) is 12.3 Å². The number of pyridine rings is 1. The molecular weight excluding hydrogens is 258 g/mol. The van der Waals surface area contributed by atoms with Crippen molar-refractivity contribution < 1.29 is 9.66 Å². The largest absolute Gasteiger partial charge is 0.381 e. The Balaban J connectivity index is 2.21. The van der Waals surface area contributed by atoms with Crippen molar-refractivity contribution in [2.24, 2.45) is 0 Å². The maximum atomic E-state index is 11.0. The van der Waals surface area contributed by atoms with Crippen molar-refractivity contribution in [2.45, 2.75) is 18.9 Å². The van der Waals surface area contributed by atoms with Gasteiger partial charge in [-0.3, -0.25) is 10.1 Å². The fraction of sp³-hybridized carbons (Fsp3) is 0.545. The average molecular weight is 272 g/mol. The van der Waals surface area contributed by atoms with Crippen molar-refractivity contribution in [3.8, 4) is 0 Å².